The van der Waals surface area contributed by atoms with Crippen LogP contribution in [0.2, 0.25) is 10.0 Å². The highest BCUT2D eigenvalue weighted by atomic mass is 35.5. The van der Waals surface area contributed by atoms with Crippen LogP contribution in [0.4, 0.5) is 26.3 Å². The lowest BCUT2D eigenvalue weighted by Gasteiger charge is -2.45. The van der Waals surface area contributed by atoms with Gasteiger partial charge in [0.1, 0.15) is 11.5 Å². The predicted molar refractivity (Wildman–Crippen MR) is 260 cm³/mol. The average molecular weight is 1020 g/mol. The van der Waals surface area contributed by atoms with Crippen molar-refractivity contribution in [3.63, 3.8) is 0 Å². The first-order valence-corrected chi connectivity index (χ1v) is 25.5. The van der Waals surface area contributed by atoms with Gasteiger partial charge in [-0.1, -0.05) is 79.9 Å². The van der Waals surface area contributed by atoms with E-state index in [4.69, 9.17) is 27.9 Å². The van der Waals surface area contributed by atoms with Gasteiger partial charge in [0.05, 0.1) is 49.8 Å². The van der Waals surface area contributed by atoms with Crippen LogP contribution in [-0.2, 0) is 28.4 Å². The molecule has 4 aromatic carbocycles. The molecule has 3 amide bonds. The Kier molecular flexibility index (Phi) is 17.9. The van der Waals surface area contributed by atoms with Gasteiger partial charge in [-0.3, -0.25) is 14.4 Å². The normalized spacial score (nSPS) is 21.9. The number of carbonyl (C=O) groups is 3. The second-order valence-electron chi connectivity index (χ2n) is 19.5. The number of nitrogens with zero attached hydrogens (tertiary/aromatic N) is 1. The van der Waals surface area contributed by atoms with Gasteiger partial charge in [0.15, 0.2) is 0 Å². The van der Waals surface area contributed by atoms with Gasteiger partial charge in [0, 0.05) is 57.6 Å². The predicted octanol–water partition coefficient (Wildman–Crippen LogP) is 13.1. The highest BCUT2D eigenvalue weighted by molar-refractivity contribution is 6.31. The first-order chi connectivity index (χ1) is 33.4. The quantitative estimate of drug-likeness (QED) is 0.0748. The number of quaternary nitrogens is 1. The van der Waals surface area contributed by atoms with Crippen molar-refractivity contribution in [2.75, 3.05) is 32.7 Å². The topological polar surface area (TPSA) is 96.5 Å². The van der Waals surface area contributed by atoms with Gasteiger partial charge in [0.25, 0.3) is 5.91 Å². The molecule has 8 rings (SSSR count). The third-order valence-corrected chi connectivity index (χ3v) is 15.3. The summed E-state index contributed by atoms with van der Waals surface area (Å²) in [6.07, 6.45) is 6.26. The van der Waals surface area contributed by atoms with Crippen LogP contribution in [0.5, 0.6) is 11.5 Å². The van der Waals surface area contributed by atoms with Crippen molar-refractivity contribution in [3.8, 4) is 11.5 Å². The molecule has 2 aliphatic carbocycles. The van der Waals surface area contributed by atoms with Crippen LogP contribution in [0.1, 0.15) is 134 Å². The number of ether oxygens (including phenoxy) is 1. The number of likely N-dealkylation sites (tertiary alicyclic amines) is 1. The number of piperidine rings is 1. The van der Waals surface area contributed by atoms with Gasteiger partial charge in [-0.2, -0.15) is 26.3 Å². The Labute approximate surface area is 416 Å². The fourth-order valence-corrected chi connectivity index (χ4v) is 11.2. The monoisotopic (exact) mass is 1020 g/mol. The van der Waals surface area contributed by atoms with E-state index in [1.807, 2.05) is 24.3 Å². The Balaban J connectivity index is 0.000000206. The molecule has 8 nitrogen and oxygen atoms in total. The molecular formula is C54H63Cl2F6N4O4+. The van der Waals surface area contributed by atoms with Gasteiger partial charge in [-0.25, -0.2) is 0 Å². The summed E-state index contributed by atoms with van der Waals surface area (Å²) in [6, 6.07) is 20.0. The number of fused-ring (bicyclic) bond motifs is 2. The molecule has 3 N–H and O–H groups in total. The number of hydrogen-bond acceptors (Lipinski definition) is 4. The number of rotatable bonds is 12. The Morgan fingerprint density at radius 3 is 1.89 bits per heavy atom. The van der Waals surface area contributed by atoms with Gasteiger partial charge in [-0.15, -0.1) is 0 Å². The van der Waals surface area contributed by atoms with Gasteiger partial charge >= 0.3 is 12.4 Å². The van der Waals surface area contributed by atoms with Crippen LogP contribution in [0.15, 0.2) is 84.9 Å². The number of nitrogens with one attached hydrogen (secondary N) is 3. The summed E-state index contributed by atoms with van der Waals surface area (Å²) >= 11 is 12.6. The maximum atomic E-state index is 13.7. The molecule has 2 heterocycles. The van der Waals surface area contributed by atoms with Crippen LogP contribution < -0.4 is 20.7 Å². The molecule has 2 aliphatic heterocycles. The summed E-state index contributed by atoms with van der Waals surface area (Å²) in [5.74, 6) is 0.652. The van der Waals surface area contributed by atoms with E-state index in [0.717, 1.165) is 105 Å². The maximum Gasteiger partial charge on any atom is 0.416 e. The smallest absolute Gasteiger partial charge is 0.416 e. The second-order valence-corrected chi connectivity index (χ2v) is 20.4. The van der Waals surface area contributed by atoms with Gasteiger partial charge in [0.2, 0.25) is 11.8 Å². The molecule has 378 valence electrons. The number of alkyl halides is 6. The van der Waals surface area contributed by atoms with Crippen LogP contribution in [0.3, 0.4) is 0 Å². The van der Waals surface area contributed by atoms with Crippen molar-refractivity contribution >= 4 is 40.9 Å². The minimum Gasteiger partial charge on any atom is -0.457 e. The second kappa shape index (κ2) is 23.6. The van der Waals surface area contributed by atoms with Crippen LogP contribution >= 0.6 is 23.2 Å². The van der Waals surface area contributed by atoms with Crippen molar-refractivity contribution in [1.82, 2.24) is 16.0 Å². The zero-order chi connectivity index (χ0) is 50.1. The van der Waals surface area contributed by atoms with Gasteiger partial charge in [-0.05, 0) is 124 Å². The van der Waals surface area contributed by atoms with Crippen molar-refractivity contribution in [3.05, 3.63) is 128 Å². The zero-order valence-corrected chi connectivity index (χ0v) is 41.0. The van der Waals surface area contributed by atoms with E-state index in [-0.39, 0.29) is 36.0 Å². The zero-order valence-electron chi connectivity index (χ0n) is 39.5. The van der Waals surface area contributed by atoms with E-state index in [1.54, 1.807) is 12.1 Å². The number of carbonyl (C=O) groups excluding carboxylic acids is 3. The molecule has 0 bridgehead atoms. The number of amides is 3. The van der Waals surface area contributed by atoms with Crippen molar-refractivity contribution in [2.24, 2.45) is 11.8 Å². The molecule has 4 aromatic rings. The Morgan fingerprint density at radius 2 is 1.29 bits per heavy atom. The molecule has 70 heavy (non-hydrogen) atoms. The summed E-state index contributed by atoms with van der Waals surface area (Å²) < 4.78 is 84.0. The fourth-order valence-electron chi connectivity index (χ4n) is 10.8. The highest BCUT2D eigenvalue weighted by Crippen LogP contribution is 2.46. The van der Waals surface area contributed by atoms with Crippen molar-refractivity contribution in [2.45, 2.75) is 127 Å². The van der Waals surface area contributed by atoms with Crippen LogP contribution in [-0.4, -0.2) is 67.0 Å². The lowest BCUT2D eigenvalue weighted by atomic mass is 9.81. The Bertz CT molecular complexity index is 2370. The minimum absolute atomic E-state index is 0.00519. The molecular weight excluding hydrogens is 954 g/mol. The van der Waals surface area contributed by atoms with Crippen LogP contribution in [0, 0.1) is 11.8 Å². The molecule has 0 unspecified atom stereocenters. The third-order valence-electron chi connectivity index (χ3n) is 14.8. The summed E-state index contributed by atoms with van der Waals surface area (Å²) in [6.45, 7) is 6.77. The van der Waals surface area contributed by atoms with E-state index < -0.39 is 41.2 Å². The number of halogens is 8. The fraction of sp³-hybridized carbons (Fsp3) is 0.500. The van der Waals surface area contributed by atoms with Gasteiger partial charge < -0.3 is 25.2 Å². The molecule has 16 heteroatoms. The molecule has 2 atom stereocenters. The summed E-state index contributed by atoms with van der Waals surface area (Å²) in [4.78, 5) is 38.4. The Hall–Kier alpha value is -4.79. The first kappa shape index (κ1) is 53.0. The standard InChI is InChI=1S/C29H36Cl2N2O2.C25H26F6N2O2/c1-2-33(19-20-7-5-3-4-6-8-20)15-13-23(14-16-33)32-29(34)28-24-17-21(30)9-11-26(24)35-27-12-10-22(31)18-25(27)28;26-24(27,28)19-12-9-16(10-13-19)8-11-17-4-1-2-7-21(17)33-22(34)15-32-23(35)18-5-3-6-20(14-18)25(29,30)31/h9-12,17-18,20,23,28H,2-8,13-16,19H2,1H3;3,5-6,9-10,12-14,17,21H,1-2,4,7-8,11,15H2,(H,32,35)(H,33,34)/p+1/t;17-,21-/m.0/s1. The largest absolute Gasteiger partial charge is 0.457 e. The molecule has 1 saturated heterocycles. The Morgan fingerprint density at radius 1 is 0.686 bits per heavy atom. The molecule has 4 aliphatic rings. The van der Waals surface area contributed by atoms with Crippen molar-refractivity contribution < 1.29 is 49.9 Å². The molecule has 3 fully saturated rings. The van der Waals surface area contributed by atoms with E-state index in [2.05, 4.69) is 22.9 Å². The SMILES string of the molecule is CC[N+]1(CC2CCCCCC2)CCC(NC(=O)C2c3cc(Cl)ccc3Oc3ccc(Cl)cc32)CC1.O=C(CNC(=O)c1cccc(C(F)(F)F)c1)N[C@H]1CCCC[C@H]1CCc1ccc(C(F)(F)F)cc1. The minimum atomic E-state index is -4.58. The summed E-state index contributed by atoms with van der Waals surface area (Å²) in [5, 5.41) is 9.82. The van der Waals surface area contributed by atoms with E-state index in [0.29, 0.717) is 34.4 Å². The van der Waals surface area contributed by atoms with E-state index in [1.165, 1.54) is 74.3 Å². The number of aryl methyl sites for hydroxylation is 1. The average Bonchev–Trinajstić information content (AvgIpc) is 3.61. The van der Waals surface area contributed by atoms with E-state index in [9.17, 15) is 40.7 Å². The molecule has 0 radical (unpaired) electrons. The summed E-state index contributed by atoms with van der Waals surface area (Å²) in [7, 11) is 0. The van der Waals surface area contributed by atoms with Crippen molar-refractivity contribution in [1.29, 1.82) is 0 Å². The number of hydrogen-bond donors (Lipinski definition) is 3. The highest BCUT2D eigenvalue weighted by Gasteiger charge is 2.39. The van der Waals surface area contributed by atoms with Crippen LogP contribution in [0.25, 0.3) is 0 Å². The molecule has 0 spiro atoms. The molecule has 2 saturated carbocycles. The molecule has 0 aromatic heterocycles. The lowest BCUT2D eigenvalue weighted by Crippen LogP contribution is -2.58. The summed E-state index contributed by atoms with van der Waals surface area (Å²) in [5.41, 5.74) is 0.533. The number of benzene rings is 4. The lowest BCUT2D eigenvalue weighted by molar-refractivity contribution is -0.934. The maximum absolute atomic E-state index is 13.7. The van der Waals surface area contributed by atoms with E-state index >= 15 is 0 Å². The third kappa shape index (κ3) is 14.2. The first-order valence-electron chi connectivity index (χ1n) is 24.7.